The van der Waals surface area contributed by atoms with E-state index in [1.165, 1.54) is 12.1 Å². The van der Waals surface area contributed by atoms with Gasteiger partial charge in [0.2, 0.25) is 0 Å². The van der Waals surface area contributed by atoms with Crippen LogP contribution in [0.1, 0.15) is 17.5 Å². The van der Waals surface area contributed by atoms with Crippen molar-refractivity contribution in [2.24, 2.45) is 5.73 Å². The second kappa shape index (κ2) is 8.53. The van der Waals surface area contributed by atoms with Gasteiger partial charge in [-0.25, -0.2) is 14.4 Å². The molecule has 5 nitrogen and oxygen atoms in total. The molecule has 0 saturated carbocycles. The van der Waals surface area contributed by atoms with E-state index in [-0.39, 0.29) is 5.82 Å². The van der Waals surface area contributed by atoms with Crippen LogP contribution < -0.4 is 5.73 Å². The van der Waals surface area contributed by atoms with Crippen LogP contribution in [-0.2, 0) is 0 Å². The molecule has 1 atom stereocenters. The highest BCUT2D eigenvalue weighted by molar-refractivity contribution is 5.71. The molecule has 0 aliphatic rings. The van der Waals surface area contributed by atoms with Crippen molar-refractivity contribution >= 4 is 0 Å². The minimum atomic E-state index is -0.539. The molecule has 0 bridgehead atoms. The smallest absolute Gasteiger partial charge is 0.160 e. The molecule has 6 heteroatoms. The molecule has 2 aromatic carbocycles. The Kier molecular flexibility index (Phi) is 5.27. The van der Waals surface area contributed by atoms with Crippen molar-refractivity contribution < 1.29 is 8.81 Å². The predicted molar refractivity (Wildman–Crippen MR) is 121 cm³/mol. The largest absolute Gasteiger partial charge is 0.467 e. The Morgan fingerprint density at radius 3 is 2.28 bits per heavy atom. The molecule has 3 heterocycles. The Morgan fingerprint density at radius 2 is 1.53 bits per heavy atom. The van der Waals surface area contributed by atoms with Gasteiger partial charge < -0.3 is 10.2 Å². The summed E-state index contributed by atoms with van der Waals surface area (Å²) < 4.78 is 18.8. The zero-order valence-corrected chi connectivity index (χ0v) is 17.0. The summed E-state index contributed by atoms with van der Waals surface area (Å²) in [7, 11) is 0. The van der Waals surface area contributed by atoms with Crippen molar-refractivity contribution in [3.63, 3.8) is 0 Å². The summed E-state index contributed by atoms with van der Waals surface area (Å²) >= 11 is 0. The van der Waals surface area contributed by atoms with Gasteiger partial charge in [-0.2, -0.15) is 0 Å². The lowest BCUT2D eigenvalue weighted by Crippen LogP contribution is -2.14. The topological polar surface area (TPSA) is 77.8 Å². The van der Waals surface area contributed by atoms with Crippen LogP contribution in [0.25, 0.3) is 33.8 Å². The SMILES string of the molecule is NC(c1cc(-c2cncc(-c3ccc(F)cc3)c2)nc(-c2ccccc2)n1)c1ccco1. The molecule has 5 rings (SSSR count). The van der Waals surface area contributed by atoms with E-state index in [1.807, 2.05) is 48.5 Å². The van der Waals surface area contributed by atoms with E-state index in [4.69, 9.17) is 20.1 Å². The number of pyridine rings is 1. The van der Waals surface area contributed by atoms with Crippen molar-refractivity contribution in [1.29, 1.82) is 0 Å². The van der Waals surface area contributed by atoms with Gasteiger partial charge in [0.25, 0.3) is 0 Å². The van der Waals surface area contributed by atoms with Crippen molar-refractivity contribution in [3.05, 3.63) is 115 Å². The van der Waals surface area contributed by atoms with E-state index in [2.05, 4.69) is 4.98 Å². The zero-order valence-electron chi connectivity index (χ0n) is 17.0. The van der Waals surface area contributed by atoms with E-state index in [9.17, 15) is 4.39 Å². The maximum Gasteiger partial charge on any atom is 0.160 e. The van der Waals surface area contributed by atoms with Crippen molar-refractivity contribution in [3.8, 4) is 33.8 Å². The third-order valence-corrected chi connectivity index (χ3v) is 5.16. The van der Waals surface area contributed by atoms with Gasteiger partial charge in [0.15, 0.2) is 5.82 Å². The number of furan rings is 1. The van der Waals surface area contributed by atoms with Gasteiger partial charge in [-0.05, 0) is 42.0 Å². The summed E-state index contributed by atoms with van der Waals surface area (Å²) in [5.74, 6) is 0.900. The van der Waals surface area contributed by atoms with Gasteiger partial charge in [0.05, 0.1) is 17.7 Å². The molecule has 0 aliphatic heterocycles. The highest BCUT2D eigenvalue weighted by atomic mass is 19.1. The first-order valence-corrected chi connectivity index (χ1v) is 10.1. The summed E-state index contributed by atoms with van der Waals surface area (Å²) in [6.45, 7) is 0. The van der Waals surface area contributed by atoms with Gasteiger partial charge in [-0.1, -0.05) is 42.5 Å². The number of hydrogen-bond donors (Lipinski definition) is 1. The normalized spacial score (nSPS) is 11.9. The molecular formula is C26H19FN4O. The number of nitrogens with two attached hydrogens (primary N) is 1. The fraction of sp³-hybridized carbons (Fsp3) is 0.0385. The van der Waals surface area contributed by atoms with E-state index >= 15 is 0 Å². The molecule has 0 aliphatic carbocycles. The zero-order chi connectivity index (χ0) is 21.9. The van der Waals surface area contributed by atoms with Crippen LogP contribution in [0.2, 0.25) is 0 Å². The number of benzene rings is 2. The molecule has 5 aromatic rings. The Morgan fingerprint density at radius 1 is 0.750 bits per heavy atom. The molecule has 0 fully saturated rings. The number of hydrogen-bond acceptors (Lipinski definition) is 5. The first kappa shape index (κ1) is 19.8. The summed E-state index contributed by atoms with van der Waals surface area (Å²) in [6.07, 6.45) is 5.07. The lowest BCUT2D eigenvalue weighted by molar-refractivity contribution is 0.486. The molecule has 0 spiro atoms. The molecule has 32 heavy (non-hydrogen) atoms. The lowest BCUT2D eigenvalue weighted by atomic mass is 10.0. The third-order valence-electron chi connectivity index (χ3n) is 5.16. The molecule has 156 valence electrons. The summed E-state index contributed by atoms with van der Waals surface area (Å²) in [4.78, 5) is 13.9. The average Bonchev–Trinajstić information content (AvgIpc) is 3.39. The standard InChI is InChI=1S/C26H19FN4O/c27-21-10-8-17(9-11-21)19-13-20(16-29-15-19)22-14-23(25(28)24-7-4-12-32-24)31-26(30-22)18-5-2-1-3-6-18/h1-16,25H,28H2. The van der Waals surface area contributed by atoms with Crippen LogP contribution in [0, 0.1) is 5.82 Å². The van der Waals surface area contributed by atoms with Crippen molar-refractivity contribution in [1.82, 2.24) is 15.0 Å². The summed E-state index contributed by atoms with van der Waals surface area (Å²) in [5.41, 5.74) is 11.2. The Hall–Kier alpha value is -4.16. The van der Waals surface area contributed by atoms with Crippen LogP contribution in [0.3, 0.4) is 0 Å². The Bertz CT molecular complexity index is 1340. The van der Waals surface area contributed by atoms with E-state index in [0.29, 0.717) is 23.0 Å². The summed E-state index contributed by atoms with van der Waals surface area (Å²) in [5, 5.41) is 0. The monoisotopic (exact) mass is 422 g/mol. The number of aromatic nitrogens is 3. The van der Waals surface area contributed by atoms with Gasteiger partial charge >= 0.3 is 0 Å². The van der Waals surface area contributed by atoms with Crippen LogP contribution in [0.4, 0.5) is 4.39 Å². The molecule has 2 N–H and O–H groups in total. The van der Waals surface area contributed by atoms with Gasteiger partial charge in [0.1, 0.15) is 17.6 Å². The summed E-state index contributed by atoms with van der Waals surface area (Å²) in [6, 6.07) is 22.9. The second-order valence-electron chi connectivity index (χ2n) is 7.33. The van der Waals surface area contributed by atoms with Crippen LogP contribution in [-0.4, -0.2) is 15.0 Å². The molecule has 0 amide bonds. The van der Waals surface area contributed by atoms with Crippen LogP contribution in [0.5, 0.6) is 0 Å². The molecule has 3 aromatic heterocycles. The van der Waals surface area contributed by atoms with Crippen molar-refractivity contribution in [2.45, 2.75) is 6.04 Å². The predicted octanol–water partition coefficient (Wildman–Crippen LogP) is 5.65. The lowest BCUT2D eigenvalue weighted by Gasteiger charge is -2.13. The Labute approximate surface area is 184 Å². The maximum absolute atomic E-state index is 13.3. The van der Waals surface area contributed by atoms with Crippen LogP contribution in [0.15, 0.2) is 102 Å². The molecule has 1 unspecified atom stereocenters. The number of rotatable bonds is 5. The quantitative estimate of drug-likeness (QED) is 0.396. The number of nitrogens with zero attached hydrogens (tertiary/aromatic N) is 3. The van der Waals surface area contributed by atoms with E-state index < -0.39 is 6.04 Å². The molecule has 0 saturated heterocycles. The highest BCUT2D eigenvalue weighted by Gasteiger charge is 2.18. The van der Waals surface area contributed by atoms with Gasteiger partial charge in [-0.15, -0.1) is 0 Å². The minimum absolute atomic E-state index is 0.280. The van der Waals surface area contributed by atoms with Gasteiger partial charge in [0, 0.05) is 29.1 Å². The Balaban J connectivity index is 1.62. The van der Waals surface area contributed by atoms with Crippen molar-refractivity contribution in [2.75, 3.05) is 0 Å². The molecular weight excluding hydrogens is 403 g/mol. The molecule has 0 radical (unpaired) electrons. The van der Waals surface area contributed by atoms with Gasteiger partial charge in [-0.3, -0.25) is 4.98 Å². The maximum atomic E-state index is 13.3. The fourth-order valence-corrected chi connectivity index (χ4v) is 3.48. The minimum Gasteiger partial charge on any atom is -0.467 e. The second-order valence-corrected chi connectivity index (χ2v) is 7.33. The first-order chi connectivity index (χ1) is 15.7. The highest BCUT2D eigenvalue weighted by Crippen LogP contribution is 2.29. The fourth-order valence-electron chi connectivity index (χ4n) is 3.48. The average molecular weight is 422 g/mol. The number of halogens is 1. The van der Waals surface area contributed by atoms with E-state index in [0.717, 1.165) is 22.3 Å². The third kappa shape index (κ3) is 4.04. The van der Waals surface area contributed by atoms with Crippen LogP contribution >= 0.6 is 0 Å². The first-order valence-electron chi connectivity index (χ1n) is 10.1. The van der Waals surface area contributed by atoms with E-state index in [1.54, 1.807) is 36.9 Å².